The zero-order valence-electron chi connectivity index (χ0n) is 16.1. The molecule has 0 spiro atoms. The highest BCUT2D eigenvalue weighted by molar-refractivity contribution is 7.89. The molecule has 0 aliphatic rings. The van der Waals surface area contributed by atoms with Gasteiger partial charge in [-0.05, 0) is 49.2 Å². The zero-order chi connectivity index (χ0) is 21.4. The lowest BCUT2D eigenvalue weighted by atomic mass is 10.1. The number of ether oxygens (including phenoxy) is 2. The number of nitrogens with zero attached hydrogens (tertiary/aromatic N) is 1. The number of hydrogen-bond acceptors (Lipinski definition) is 6. The van der Waals surface area contributed by atoms with Crippen LogP contribution < -0.4 is 4.74 Å². The van der Waals surface area contributed by atoms with Crippen molar-refractivity contribution >= 4 is 33.5 Å². The quantitative estimate of drug-likeness (QED) is 0.558. The summed E-state index contributed by atoms with van der Waals surface area (Å²) in [4.78, 5) is 23.4. The van der Waals surface area contributed by atoms with Gasteiger partial charge >= 0.3 is 5.97 Å². The first-order valence-corrected chi connectivity index (χ1v) is 10.7. The van der Waals surface area contributed by atoms with E-state index in [1.54, 1.807) is 37.3 Å². The maximum absolute atomic E-state index is 12.8. The number of esters is 1. The number of halogens is 1. The molecule has 0 saturated heterocycles. The number of carbonyl (C=O) groups excluding carboxylic acids is 2. The van der Waals surface area contributed by atoms with Crippen molar-refractivity contribution in [2.75, 3.05) is 19.8 Å². The molecule has 0 aliphatic carbocycles. The van der Waals surface area contributed by atoms with E-state index in [0.717, 1.165) is 9.87 Å². The molecule has 2 rings (SSSR count). The van der Waals surface area contributed by atoms with Crippen molar-refractivity contribution in [1.29, 1.82) is 0 Å². The van der Waals surface area contributed by atoms with Gasteiger partial charge in [0.05, 0.1) is 11.5 Å². The van der Waals surface area contributed by atoms with Crippen molar-refractivity contribution in [1.82, 2.24) is 4.31 Å². The van der Waals surface area contributed by atoms with Crippen LogP contribution in [0.1, 0.15) is 19.4 Å². The van der Waals surface area contributed by atoms with Gasteiger partial charge in [-0.15, -0.1) is 0 Å². The summed E-state index contributed by atoms with van der Waals surface area (Å²) in [7, 11) is -4.02. The van der Waals surface area contributed by atoms with Crippen LogP contribution in [0.2, 0.25) is 5.02 Å². The molecule has 2 aromatic rings. The minimum atomic E-state index is -4.02. The first-order valence-electron chi connectivity index (χ1n) is 8.90. The Morgan fingerprint density at radius 3 is 2.48 bits per heavy atom. The molecule has 0 atom stereocenters. The fourth-order valence-electron chi connectivity index (χ4n) is 2.57. The smallest absolute Gasteiger partial charge is 0.344 e. The van der Waals surface area contributed by atoms with Crippen molar-refractivity contribution < 1.29 is 27.5 Å². The van der Waals surface area contributed by atoms with Crippen LogP contribution in [0.15, 0.2) is 53.4 Å². The Bertz CT molecular complexity index is 976. The molecule has 0 fully saturated rings. The van der Waals surface area contributed by atoms with Crippen LogP contribution in [-0.4, -0.2) is 44.4 Å². The number of rotatable bonds is 9. The lowest BCUT2D eigenvalue weighted by molar-refractivity contribution is -0.145. The Hall–Kier alpha value is -2.58. The van der Waals surface area contributed by atoms with Gasteiger partial charge in [-0.25, -0.2) is 17.5 Å². The second kappa shape index (κ2) is 10.3. The first-order chi connectivity index (χ1) is 13.7. The Labute approximate surface area is 175 Å². The molecule has 0 heterocycles. The molecule has 9 heteroatoms. The normalized spacial score (nSPS) is 11.0. The van der Waals surface area contributed by atoms with E-state index < -0.39 is 21.9 Å². The van der Waals surface area contributed by atoms with Crippen LogP contribution >= 0.6 is 11.6 Å². The monoisotopic (exact) mass is 439 g/mol. The SMILES string of the molecule is CCOC(=O)COc1cccc(CCN(C(C)=O)S(=O)(=O)c2cccc(Cl)c2)c1. The Kier molecular flexibility index (Phi) is 8.04. The molecule has 156 valence electrons. The van der Waals surface area contributed by atoms with E-state index in [1.165, 1.54) is 25.1 Å². The van der Waals surface area contributed by atoms with Gasteiger partial charge < -0.3 is 9.47 Å². The van der Waals surface area contributed by atoms with Gasteiger partial charge in [0, 0.05) is 18.5 Å². The zero-order valence-corrected chi connectivity index (χ0v) is 17.7. The molecule has 0 unspecified atom stereocenters. The van der Waals surface area contributed by atoms with Crippen LogP contribution in [0.25, 0.3) is 0 Å². The fourth-order valence-corrected chi connectivity index (χ4v) is 4.27. The molecule has 0 saturated carbocycles. The lowest BCUT2D eigenvalue weighted by Gasteiger charge is -2.21. The number of hydrogen-bond donors (Lipinski definition) is 0. The van der Waals surface area contributed by atoms with E-state index in [4.69, 9.17) is 21.1 Å². The first kappa shape index (κ1) is 22.7. The molecule has 0 radical (unpaired) electrons. The Morgan fingerprint density at radius 2 is 1.83 bits per heavy atom. The van der Waals surface area contributed by atoms with Gasteiger partial charge in [-0.2, -0.15) is 0 Å². The van der Waals surface area contributed by atoms with E-state index in [9.17, 15) is 18.0 Å². The highest BCUT2D eigenvalue weighted by Gasteiger charge is 2.26. The molecule has 0 aromatic heterocycles. The van der Waals surface area contributed by atoms with Gasteiger partial charge in [-0.1, -0.05) is 29.8 Å². The summed E-state index contributed by atoms with van der Waals surface area (Å²) in [6, 6.07) is 12.6. The molecular formula is C20H22ClNO6S. The van der Waals surface area contributed by atoms with Gasteiger partial charge in [0.25, 0.3) is 10.0 Å². The van der Waals surface area contributed by atoms with E-state index in [1.807, 2.05) is 0 Å². The van der Waals surface area contributed by atoms with Gasteiger partial charge in [0.15, 0.2) is 6.61 Å². The molecule has 0 bridgehead atoms. The minimum Gasteiger partial charge on any atom is -0.482 e. The number of amides is 1. The summed E-state index contributed by atoms with van der Waals surface area (Å²) >= 11 is 5.88. The predicted molar refractivity (Wildman–Crippen MR) is 108 cm³/mol. The van der Waals surface area contributed by atoms with E-state index >= 15 is 0 Å². The largest absolute Gasteiger partial charge is 0.482 e. The molecule has 2 aromatic carbocycles. The highest BCUT2D eigenvalue weighted by Crippen LogP contribution is 2.21. The van der Waals surface area contributed by atoms with E-state index in [-0.39, 0.29) is 36.1 Å². The van der Waals surface area contributed by atoms with Crippen LogP contribution in [0.3, 0.4) is 0 Å². The molecule has 1 amide bonds. The number of carbonyl (C=O) groups is 2. The molecule has 29 heavy (non-hydrogen) atoms. The van der Waals surface area contributed by atoms with E-state index in [0.29, 0.717) is 5.75 Å². The summed E-state index contributed by atoms with van der Waals surface area (Å²) < 4.78 is 36.6. The highest BCUT2D eigenvalue weighted by atomic mass is 35.5. The van der Waals surface area contributed by atoms with Crippen LogP contribution in [0.5, 0.6) is 5.75 Å². The van der Waals surface area contributed by atoms with Crippen LogP contribution in [-0.2, 0) is 30.8 Å². The van der Waals surface area contributed by atoms with Crippen LogP contribution in [0.4, 0.5) is 0 Å². The van der Waals surface area contributed by atoms with Gasteiger partial charge in [0.2, 0.25) is 5.91 Å². The summed E-state index contributed by atoms with van der Waals surface area (Å²) in [6.07, 6.45) is 0.274. The van der Waals surface area contributed by atoms with Crippen LogP contribution in [0, 0.1) is 0 Å². The number of benzene rings is 2. The van der Waals surface area contributed by atoms with Gasteiger partial charge in [-0.3, -0.25) is 4.79 Å². The maximum Gasteiger partial charge on any atom is 0.344 e. The molecule has 0 aliphatic heterocycles. The summed E-state index contributed by atoms with van der Waals surface area (Å²) in [5.41, 5.74) is 0.749. The second-order valence-electron chi connectivity index (χ2n) is 6.04. The standard InChI is InChI=1S/C20H22ClNO6S/c1-3-27-20(24)14-28-18-8-4-6-16(12-18)10-11-22(15(2)23)29(25,26)19-9-5-7-17(21)13-19/h4-9,12-13H,3,10-11,14H2,1-2H3. The maximum atomic E-state index is 12.8. The van der Waals surface area contributed by atoms with Gasteiger partial charge in [0.1, 0.15) is 5.75 Å². The molecule has 7 nitrogen and oxygen atoms in total. The third kappa shape index (κ3) is 6.47. The summed E-state index contributed by atoms with van der Waals surface area (Å²) in [6.45, 7) is 2.90. The topological polar surface area (TPSA) is 90.0 Å². The van der Waals surface area contributed by atoms with Crippen molar-refractivity contribution in [3.05, 3.63) is 59.1 Å². The lowest BCUT2D eigenvalue weighted by Crippen LogP contribution is -2.36. The Morgan fingerprint density at radius 1 is 1.10 bits per heavy atom. The molecular weight excluding hydrogens is 418 g/mol. The van der Waals surface area contributed by atoms with Crippen molar-refractivity contribution in [2.24, 2.45) is 0 Å². The fraction of sp³-hybridized carbons (Fsp3) is 0.300. The summed E-state index contributed by atoms with van der Waals surface area (Å²) in [5.74, 6) is -0.629. The van der Waals surface area contributed by atoms with Crippen molar-refractivity contribution in [2.45, 2.75) is 25.2 Å². The predicted octanol–water partition coefficient (Wildman–Crippen LogP) is 3.06. The summed E-state index contributed by atoms with van der Waals surface area (Å²) in [5, 5.41) is 0.265. The second-order valence-corrected chi connectivity index (χ2v) is 8.34. The average Bonchev–Trinajstić information content (AvgIpc) is 2.67. The average molecular weight is 440 g/mol. The third-order valence-electron chi connectivity index (χ3n) is 3.90. The molecule has 0 N–H and O–H groups in total. The Balaban J connectivity index is 2.10. The minimum absolute atomic E-state index is 0.0493. The van der Waals surface area contributed by atoms with E-state index in [2.05, 4.69) is 0 Å². The van der Waals surface area contributed by atoms with Crippen molar-refractivity contribution in [3.8, 4) is 5.75 Å². The van der Waals surface area contributed by atoms with Crippen molar-refractivity contribution in [3.63, 3.8) is 0 Å². The number of sulfonamides is 1. The third-order valence-corrected chi connectivity index (χ3v) is 6.00.